The summed E-state index contributed by atoms with van der Waals surface area (Å²) in [6, 6.07) is 0. The fourth-order valence-electron chi connectivity index (χ4n) is 0.699. The highest BCUT2D eigenvalue weighted by Crippen LogP contribution is 2.36. The van der Waals surface area contributed by atoms with Gasteiger partial charge in [-0.15, -0.1) is 8.78 Å². The predicted octanol–water partition coefficient (Wildman–Crippen LogP) is 0.957. The SMILES string of the molecule is [B][O+]1CCC(F)C1(F)F. The normalized spacial score (nSPS) is 35.2. The lowest BCUT2D eigenvalue weighted by Gasteiger charge is -2.16. The van der Waals surface area contributed by atoms with Crippen LogP contribution in [0.25, 0.3) is 0 Å². The fourth-order valence-corrected chi connectivity index (χ4v) is 0.699. The van der Waals surface area contributed by atoms with Crippen molar-refractivity contribution in [3.8, 4) is 0 Å². The second-order valence-electron chi connectivity index (χ2n) is 1.95. The lowest BCUT2D eigenvalue weighted by molar-refractivity contribution is -0.283. The van der Waals surface area contributed by atoms with Crippen LogP contribution in [-0.2, 0) is 4.28 Å². The molecule has 1 heterocycles. The Morgan fingerprint density at radius 1 is 1.56 bits per heavy atom. The first-order valence-corrected chi connectivity index (χ1v) is 2.52. The van der Waals surface area contributed by atoms with Crippen molar-refractivity contribution < 1.29 is 17.5 Å². The van der Waals surface area contributed by atoms with E-state index in [4.69, 9.17) is 0 Å². The van der Waals surface area contributed by atoms with Crippen molar-refractivity contribution in [1.82, 2.24) is 0 Å². The van der Waals surface area contributed by atoms with Gasteiger partial charge < -0.3 is 4.28 Å². The second kappa shape index (κ2) is 1.90. The van der Waals surface area contributed by atoms with Gasteiger partial charge in [0.05, 0.1) is 6.42 Å². The van der Waals surface area contributed by atoms with E-state index < -0.39 is 12.3 Å². The molecule has 0 N–H and O–H groups in total. The standard InChI is InChI=1S/C4H5BF3O/c5-9-2-1-3(6)4(9,7)8/h3H,1-2H2/q+1. The third-order valence-electron chi connectivity index (χ3n) is 1.31. The molecule has 0 aromatic heterocycles. The van der Waals surface area contributed by atoms with E-state index in [1.807, 2.05) is 0 Å². The van der Waals surface area contributed by atoms with Gasteiger partial charge >= 0.3 is 14.2 Å². The van der Waals surface area contributed by atoms with Crippen molar-refractivity contribution in [2.75, 3.05) is 6.61 Å². The maximum atomic E-state index is 12.1. The Morgan fingerprint density at radius 2 is 2.11 bits per heavy atom. The highest BCUT2D eigenvalue weighted by Gasteiger charge is 2.56. The molecule has 0 amide bonds. The zero-order valence-electron chi connectivity index (χ0n) is 4.61. The monoisotopic (exact) mass is 137 g/mol. The van der Waals surface area contributed by atoms with Crippen LogP contribution in [0.5, 0.6) is 0 Å². The van der Waals surface area contributed by atoms with Gasteiger partial charge in [-0.3, -0.25) is 0 Å². The lowest BCUT2D eigenvalue weighted by Crippen LogP contribution is -2.32. The lowest BCUT2D eigenvalue weighted by atomic mass is 10.3. The summed E-state index contributed by atoms with van der Waals surface area (Å²) < 4.78 is 37.3. The molecule has 1 saturated heterocycles. The van der Waals surface area contributed by atoms with Crippen molar-refractivity contribution >= 4 is 8.05 Å². The third kappa shape index (κ3) is 0.935. The van der Waals surface area contributed by atoms with Crippen LogP contribution in [-0.4, -0.2) is 26.9 Å². The molecule has 0 bridgehead atoms. The van der Waals surface area contributed by atoms with E-state index >= 15 is 0 Å². The summed E-state index contributed by atoms with van der Waals surface area (Å²) in [4.78, 5) is 0. The van der Waals surface area contributed by atoms with Crippen LogP contribution in [0.15, 0.2) is 0 Å². The molecule has 0 aliphatic carbocycles. The molecule has 9 heavy (non-hydrogen) atoms. The molecule has 1 nitrogen and oxygen atoms in total. The van der Waals surface area contributed by atoms with E-state index in [1.165, 1.54) is 0 Å². The van der Waals surface area contributed by atoms with Gasteiger partial charge in [0.2, 0.25) is 6.17 Å². The summed E-state index contributed by atoms with van der Waals surface area (Å²) in [7, 11) is 4.66. The van der Waals surface area contributed by atoms with Crippen LogP contribution in [0.2, 0.25) is 0 Å². The highest BCUT2D eigenvalue weighted by atomic mass is 19.3. The Balaban J connectivity index is 2.66. The molecule has 1 aliphatic heterocycles. The maximum absolute atomic E-state index is 12.1. The predicted molar refractivity (Wildman–Crippen MR) is 26.2 cm³/mol. The third-order valence-corrected chi connectivity index (χ3v) is 1.31. The molecule has 1 atom stereocenters. The number of halogens is 3. The Bertz CT molecular complexity index is 106. The smallest absolute Gasteiger partial charge is 0.470 e. The van der Waals surface area contributed by atoms with E-state index in [1.54, 1.807) is 0 Å². The van der Waals surface area contributed by atoms with Crippen molar-refractivity contribution in [3.05, 3.63) is 0 Å². The van der Waals surface area contributed by atoms with Gasteiger partial charge in [-0.2, -0.15) is 0 Å². The second-order valence-corrected chi connectivity index (χ2v) is 1.95. The first-order valence-electron chi connectivity index (χ1n) is 2.52. The molecule has 2 radical (unpaired) electrons. The van der Waals surface area contributed by atoms with E-state index in [0.29, 0.717) is 0 Å². The molecule has 0 aromatic carbocycles. The van der Waals surface area contributed by atoms with Crippen molar-refractivity contribution in [1.29, 1.82) is 0 Å². The number of hydrogen-bond donors (Lipinski definition) is 0. The van der Waals surface area contributed by atoms with Gasteiger partial charge in [-0.05, 0) is 0 Å². The van der Waals surface area contributed by atoms with Crippen LogP contribution in [0.4, 0.5) is 13.2 Å². The molecule has 50 valence electrons. The topological polar surface area (TPSA) is 2.70 Å². The summed E-state index contributed by atoms with van der Waals surface area (Å²) in [5.41, 5.74) is 0. The summed E-state index contributed by atoms with van der Waals surface area (Å²) in [6.07, 6.45) is -5.87. The molecule has 0 spiro atoms. The fraction of sp³-hybridized carbons (Fsp3) is 1.00. The highest BCUT2D eigenvalue weighted by molar-refractivity contribution is 6.00. The van der Waals surface area contributed by atoms with E-state index in [9.17, 15) is 13.2 Å². The van der Waals surface area contributed by atoms with Crippen molar-refractivity contribution in [2.45, 2.75) is 18.7 Å². The average molecular weight is 137 g/mol. The van der Waals surface area contributed by atoms with Gasteiger partial charge in [0.1, 0.15) is 6.61 Å². The summed E-state index contributed by atoms with van der Waals surface area (Å²) in [5.74, 6) is 0. The summed E-state index contributed by atoms with van der Waals surface area (Å²) in [5, 5.41) is 0. The largest absolute Gasteiger partial charge is 0.654 e. The van der Waals surface area contributed by atoms with Crippen molar-refractivity contribution in [3.63, 3.8) is 0 Å². The summed E-state index contributed by atoms with van der Waals surface area (Å²) >= 11 is 0. The van der Waals surface area contributed by atoms with Gasteiger partial charge in [-0.1, -0.05) is 0 Å². The van der Waals surface area contributed by atoms with Gasteiger partial charge in [-0.25, -0.2) is 4.39 Å². The molecule has 0 saturated carbocycles. The molecule has 0 aromatic rings. The van der Waals surface area contributed by atoms with Crippen LogP contribution >= 0.6 is 0 Å². The first-order chi connectivity index (χ1) is 4.05. The Kier molecular flexibility index (Phi) is 1.46. The number of hydrogen-bond acceptors (Lipinski definition) is 0. The molecule has 1 aliphatic rings. The van der Waals surface area contributed by atoms with Crippen molar-refractivity contribution in [2.24, 2.45) is 0 Å². The molecular formula is C4H5BF3O+. The number of rotatable bonds is 0. The van der Waals surface area contributed by atoms with Crippen LogP contribution in [0.1, 0.15) is 6.42 Å². The van der Waals surface area contributed by atoms with E-state index in [2.05, 4.69) is 8.05 Å². The zero-order chi connectivity index (χ0) is 7.07. The minimum absolute atomic E-state index is 0.159. The molecule has 1 fully saturated rings. The van der Waals surface area contributed by atoms with Crippen LogP contribution in [0.3, 0.4) is 0 Å². The Morgan fingerprint density at radius 3 is 2.22 bits per heavy atom. The molecular weight excluding hydrogens is 132 g/mol. The average Bonchev–Trinajstić information content (AvgIpc) is 1.96. The minimum Gasteiger partial charge on any atom is -0.470 e. The van der Waals surface area contributed by atoms with Crippen LogP contribution < -0.4 is 0 Å². The minimum atomic E-state index is -3.53. The Labute approximate surface area is 51.9 Å². The molecule has 1 rings (SSSR count). The van der Waals surface area contributed by atoms with Gasteiger partial charge in [0.25, 0.3) is 0 Å². The molecule has 1 unspecified atom stereocenters. The first kappa shape index (κ1) is 6.93. The van der Waals surface area contributed by atoms with Gasteiger partial charge in [0.15, 0.2) is 0 Å². The van der Waals surface area contributed by atoms with E-state index in [0.717, 1.165) is 4.28 Å². The molecule has 5 heteroatoms. The summed E-state index contributed by atoms with van der Waals surface area (Å²) in [6.45, 7) is -0.159. The van der Waals surface area contributed by atoms with Crippen LogP contribution in [0, 0.1) is 0 Å². The van der Waals surface area contributed by atoms with E-state index in [-0.39, 0.29) is 13.0 Å². The zero-order valence-corrected chi connectivity index (χ0v) is 4.61. The Hall–Kier alpha value is -0.185. The van der Waals surface area contributed by atoms with Gasteiger partial charge in [0, 0.05) is 0 Å². The quantitative estimate of drug-likeness (QED) is 0.345. The maximum Gasteiger partial charge on any atom is 0.654 e. The number of alkyl halides is 3.